The van der Waals surface area contributed by atoms with Crippen molar-refractivity contribution in [3.8, 4) is 0 Å². The summed E-state index contributed by atoms with van der Waals surface area (Å²) < 4.78 is 5.55. The molecular weight excluding hydrogens is 814 g/mol. The Hall–Kier alpha value is 2.09. The van der Waals surface area contributed by atoms with Crippen molar-refractivity contribution in [1.82, 2.24) is 0 Å². The zero-order chi connectivity index (χ0) is 21.2. The number of carbonyl (C=O) groups is 1. The maximum Gasteiger partial charge on any atom is 0.169 e. The molecule has 1 saturated carbocycles. The van der Waals surface area contributed by atoms with Crippen LogP contribution in [0.15, 0.2) is 11.6 Å². The molecule has 1 saturated heterocycles. The van der Waals surface area contributed by atoms with Gasteiger partial charge in [-0.05, 0) is 50.0 Å². The number of aliphatic hydroxyl groups excluding tert-OH is 3. The minimum Gasteiger partial charge on any atom is -0.392 e. The van der Waals surface area contributed by atoms with E-state index in [2.05, 4.69) is 19.9 Å². The summed E-state index contributed by atoms with van der Waals surface area (Å²) in [5.74, 6) is -1.23. The number of rotatable bonds is 4. The topological polar surface area (TPSA) is 107 Å². The van der Waals surface area contributed by atoms with E-state index >= 15 is 0 Å². The van der Waals surface area contributed by atoms with E-state index < -0.39 is 47.1 Å². The third-order valence-electron chi connectivity index (χ3n) is 8.02. The van der Waals surface area contributed by atoms with E-state index in [1.54, 1.807) is 6.92 Å². The smallest absolute Gasteiger partial charge is 0.169 e. The molecule has 1 unspecified atom stereocenters. The molecule has 6 nitrogen and oxygen atoms in total. The fraction of sp³-hybridized carbons (Fsp3) is 0.864. The summed E-state index contributed by atoms with van der Waals surface area (Å²) in [6.45, 7) is 11.3. The minimum atomic E-state index is -1.29. The van der Waals surface area contributed by atoms with Crippen LogP contribution in [0.3, 0.4) is 0 Å². The Morgan fingerprint density at radius 3 is 2.20 bits per heavy atom. The van der Waals surface area contributed by atoms with Gasteiger partial charge in [-0.2, -0.15) is 0 Å². The molecule has 9 atom stereocenters. The van der Waals surface area contributed by atoms with Gasteiger partial charge in [-0.15, -0.1) is 0 Å². The fourth-order valence-electron chi connectivity index (χ4n) is 6.52. The van der Waals surface area contributed by atoms with Crippen molar-refractivity contribution in [1.29, 1.82) is 0 Å². The van der Waals surface area contributed by atoms with Crippen LogP contribution in [0.1, 0.15) is 54.4 Å². The maximum atomic E-state index is 13.1. The molecule has 0 aromatic rings. The summed E-state index contributed by atoms with van der Waals surface area (Å²) in [6, 6.07) is 0. The normalized spacial score (nSPS) is 44.2. The van der Waals surface area contributed by atoms with Gasteiger partial charge in [0.1, 0.15) is 11.7 Å². The predicted octanol–water partition coefficient (Wildman–Crippen LogP) is 1.44. The second-order valence-corrected chi connectivity index (χ2v) is 10.3. The van der Waals surface area contributed by atoms with Gasteiger partial charge in [0.05, 0.1) is 30.3 Å². The third-order valence-corrected chi connectivity index (χ3v) is 8.02. The Bertz CT molecular complexity index is 681. The molecule has 2 radical (unpaired) electrons. The van der Waals surface area contributed by atoms with E-state index in [1.807, 2.05) is 13.8 Å². The molecule has 8 heteroatoms. The van der Waals surface area contributed by atoms with Gasteiger partial charge in [0.15, 0.2) is 5.78 Å². The van der Waals surface area contributed by atoms with Gasteiger partial charge in [-0.3, -0.25) is 4.79 Å². The summed E-state index contributed by atoms with van der Waals surface area (Å²) in [7, 11) is 0. The molecule has 30 heavy (non-hydrogen) atoms. The van der Waals surface area contributed by atoms with Gasteiger partial charge in [-0.25, -0.2) is 0 Å². The maximum absolute atomic E-state index is 13.1. The molecule has 1 aliphatic heterocycles. The van der Waals surface area contributed by atoms with Crippen LogP contribution in [-0.2, 0) is 9.53 Å². The number of Topliss-reactive ketones (excluding diaryl/α,β-unsaturated/α-hetero) is 1. The second-order valence-electron chi connectivity index (χ2n) is 10.3. The Balaban J connectivity index is 0.00000225. The van der Waals surface area contributed by atoms with Crippen LogP contribution in [0.4, 0.5) is 0 Å². The number of fused-ring (bicyclic) bond motifs is 1. The molecule has 4 N–H and O–H groups in total. The average Bonchev–Trinajstić information content (AvgIpc) is 2.58. The van der Waals surface area contributed by atoms with E-state index in [4.69, 9.17) is 4.74 Å². The van der Waals surface area contributed by atoms with Gasteiger partial charge in [-0.1, -0.05) is 26.8 Å². The largest absolute Gasteiger partial charge is 0.392 e. The Kier molecular flexibility index (Phi) is 10.4. The zero-order valence-corrected chi connectivity index (χ0v) is 28.5. The third kappa shape index (κ3) is 4.77. The molecule has 0 spiro atoms. The van der Waals surface area contributed by atoms with Gasteiger partial charge in [0.2, 0.25) is 0 Å². The quantitative estimate of drug-likeness (QED) is 0.320. The van der Waals surface area contributed by atoms with E-state index in [0.29, 0.717) is 6.42 Å². The first-order valence-electron chi connectivity index (χ1n) is 10.4. The molecular formula is C22H36Ac2O6. The Labute approximate surface area is 251 Å². The van der Waals surface area contributed by atoms with Crippen LogP contribution in [0.5, 0.6) is 0 Å². The van der Waals surface area contributed by atoms with E-state index in [9.17, 15) is 25.2 Å². The molecule has 3 rings (SSSR count). The molecule has 0 aromatic carbocycles. The van der Waals surface area contributed by atoms with Gasteiger partial charge in [0, 0.05) is 100 Å². The fourth-order valence-corrected chi connectivity index (χ4v) is 6.52. The van der Waals surface area contributed by atoms with Crippen LogP contribution >= 0.6 is 0 Å². The van der Waals surface area contributed by atoms with Gasteiger partial charge >= 0.3 is 0 Å². The number of hydrogen-bond donors (Lipinski definition) is 4. The molecule has 2 aliphatic carbocycles. The number of ketones is 1. The summed E-state index contributed by atoms with van der Waals surface area (Å²) in [4.78, 5) is 13.1. The van der Waals surface area contributed by atoms with Crippen LogP contribution < -0.4 is 0 Å². The molecule has 2 fully saturated rings. The summed E-state index contributed by atoms with van der Waals surface area (Å²) in [5, 5.41) is 43.0. The van der Waals surface area contributed by atoms with Crippen molar-refractivity contribution in [3.63, 3.8) is 0 Å². The molecule has 166 valence electrons. The van der Waals surface area contributed by atoms with Crippen molar-refractivity contribution < 1.29 is 118 Å². The Morgan fingerprint density at radius 1 is 1.17 bits per heavy atom. The van der Waals surface area contributed by atoms with Crippen LogP contribution in [0.2, 0.25) is 0 Å². The summed E-state index contributed by atoms with van der Waals surface area (Å²) >= 11 is 0. The first-order chi connectivity index (χ1) is 12.8. The first-order valence-corrected chi connectivity index (χ1v) is 10.4. The Morgan fingerprint density at radius 2 is 1.73 bits per heavy atom. The number of ether oxygens (including phenoxy) is 1. The van der Waals surface area contributed by atoms with Crippen LogP contribution in [0.25, 0.3) is 0 Å². The van der Waals surface area contributed by atoms with Gasteiger partial charge in [0.25, 0.3) is 0 Å². The molecule has 1 heterocycles. The van der Waals surface area contributed by atoms with Gasteiger partial charge < -0.3 is 25.2 Å². The van der Waals surface area contributed by atoms with E-state index in [0.717, 1.165) is 5.57 Å². The van der Waals surface area contributed by atoms with E-state index in [-0.39, 0.29) is 118 Å². The molecule has 0 aromatic heterocycles. The molecule has 0 amide bonds. The predicted molar refractivity (Wildman–Crippen MR) is 104 cm³/mol. The number of aliphatic hydroxyl groups is 4. The SMILES string of the molecule is CC1=CC(C)(C)C([C@@H](C)[C@@H]2[C@]3(O)CO[C@@H]3C[C@H](O)[C@@]2(C)C(=O)[C@@H](C)O)C[C@@H]1O.[Ac].[Ac]. The minimum absolute atomic E-state index is 0. The summed E-state index contributed by atoms with van der Waals surface area (Å²) in [5.41, 5.74) is -1.82. The monoisotopic (exact) mass is 850 g/mol. The molecule has 3 aliphatic rings. The van der Waals surface area contributed by atoms with Crippen LogP contribution in [-0.4, -0.2) is 62.8 Å². The second kappa shape index (κ2) is 10.4. The summed E-state index contributed by atoms with van der Waals surface area (Å²) in [6.07, 6.45) is -0.541. The van der Waals surface area contributed by atoms with Crippen molar-refractivity contribution in [2.24, 2.45) is 28.6 Å². The number of hydrogen-bond acceptors (Lipinski definition) is 6. The standard InChI is InChI=1S/C22H36O6.2Ac/c1-11-9-20(4,5)14(7-15(11)24)12(2)18-21(6,19(26)13(3)23)16(25)8-17-22(18,27)10-28-17;;/h9,12-18,23-25,27H,7-8,10H2,1-6H3;;/t12-,13-,14?,15+,16+,17-,18+,21-,22+;;/m1../s1. The number of carbonyl (C=O) groups excluding carboxylic acids is 1. The first kappa shape index (κ1) is 30.1. The van der Waals surface area contributed by atoms with Crippen molar-refractivity contribution in [3.05, 3.63) is 11.6 Å². The van der Waals surface area contributed by atoms with Crippen LogP contribution in [0, 0.1) is 117 Å². The van der Waals surface area contributed by atoms with Crippen molar-refractivity contribution in [2.75, 3.05) is 6.61 Å². The van der Waals surface area contributed by atoms with Crippen molar-refractivity contribution in [2.45, 2.75) is 84.4 Å². The number of allylic oxidation sites excluding steroid dienone is 1. The average molecular weight is 851 g/mol. The molecule has 0 bridgehead atoms. The van der Waals surface area contributed by atoms with Crippen molar-refractivity contribution >= 4 is 5.78 Å². The zero-order valence-electron chi connectivity index (χ0n) is 19.0. The van der Waals surface area contributed by atoms with E-state index in [1.165, 1.54) is 6.92 Å².